The van der Waals surface area contributed by atoms with Crippen molar-refractivity contribution in [2.75, 3.05) is 37.6 Å². The van der Waals surface area contributed by atoms with Gasteiger partial charge in [-0.3, -0.25) is 24.4 Å². The van der Waals surface area contributed by atoms with Crippen LogP contribution in [-0.4, -0.2) is 59.3 Å². The van der Waals surface area contributed by atoms with E-state index in [1.54, 1.807) is 17.2 Å². The third-order valence-corrected chi connectivity index (χ3v) is 5.83. The number of hydrogen-bond acceptors (Lipinski definition) is 4. The van der Waals surface area contributed by atoms with E-state index in [1.807, 2.05) is 42.2 Å². The van der Waals surface area contributed by atoms with Crippen molar-refractivity contribution >= 4 is 17.5 Å². The Bertz CT molecular complexity index is 905. The summed E-state index contributed by atoms with van der Waals surface area (Å²) in [6, 6.07) is 11.1. The quantitative estimate of drug-likeness (QED) is 0.785. The van der Waals surface area contributed by atoms with Crippen molar-refractivity contribution in [1.29, 1.82) is 0 Å². The van der Waals surface area contributed by atoms with Gasteiger partial charge in [-0.2, -0.15) is 0 Å². The molecule has 2 amide bonds. The summed E-state index contributed by atoms with van der Waals surface area (Å²) in [5.41, 5.74) is 3.20. The Morgan fingerprint density at radius 2 is 1.93 bits per heavy atom. The van der Waals surface area contributed by atoms with Gasteiger partial charge in [-0.1, -0.05) is 19.1 Å². The molecule has 0 bridgehead atoms. The van der Waals surface area contributed by atoms with Crippen molar-refractivity contribution in [3.05, 3.63) is 59.4 Å². The molecule has 1 fully saturated rings. The number of fused-ring (bicyclic) bond motifs is 1. The maximum atomic E-state index is 13.1. The first-order valence-electron chi connectivity index (χ1n) is 10.4. The van der Waals surface area contributed by atoms with Crippen molar-refractivity contribution < 1.29 is 9.59 Å². The van der Waals surface area contributed by atoms with Crippen LogP contribution in [0, 0.1) is 6.92 Å². The van der Waals surface area contributed by atoms with E-state index in [-0.39, 0.29) is 24.3 Å². The molecular formula is C23H28N4O2. The van der Waals surface area contributed by atoms with Crippen LogP contribution in [0.1, 0.15) is 47.4 Å². The second kappa shape index (κ2) is 8.33. The molecule has 1 atom stereocenters. The lowest BCUT2D eigenvalue weighted by Crippen LogP contribution is -2.49. The molecule has 29 heavy (non-hydrogen) atoms. The zero-order valence-electron chi connectivity index (χ0n) is 17.2. The molecule has 1 saturated heterocycles. The van der Waals surface area contributed by atoms with Gasteiger partial charge in [-0.15, -0.1) is 0 Å². The predicted molar refractivity (Wildman–Crippen MR) is 113 cm³/mol. The second-order valence-electron chi connectivity index (χ2n) is 7.89. The van der Waals surface area contributed by atoms with E-state index in [1.165, 1.54) is 0 Å². The van der Waals surface area contributed by atoms with E-state index in [2.05, 4.69) is 16.8 Å². The van der Waals surface area contributed by atoms with Gasteiger partial charge in [-0.05, 0) is 49.7 Å². The fourth-order valence-electron chi connectivity index (χ4n) is 4.35. The summed E-state index contributed by atoms with van der Waals surface area (Å²) in [6.07, 6.45) is 3.09. The topological polar surface area (TPSA) is 56.8 Å². The van der Waals surface area contributed by atoms with Gasteiger partial charge in [-0.25, -0.2) is 0 Å². The van der Waals surface area contributed by atoms with Crippen LogP contribution in [0.4, 0.5) is 5.69 Å². The van der Waals surface area contributed by atoms with Crippen molar-refractivity contribution in [2.24, 2.45) is 0 Å². The zero-order chi connectivity index (χ0) is 20.4. The molecule has 1 aromatic heterocycles. The molecule has 1 unspecified atom stereocenters. The van der Waals surface area contributed by atoms with E-state index < -0.39 is 0 Å². The smallest absolute Gasteiger partial charge is 0.260 e. The average molecular weight is 393 g/mol. The highest BCUT2D eigenvalue weighted by molar-refractivity contribution is 6.11. The van der Waals surface area contributed by atoms with Gasteiger partial charge in [0.1, 0.15) is 0 Å². The molecular weight excluding hydrogens is 364 g/mol. The zero-order valence-corrected chi connectivity index (χ0v) is 17.2. The molecule has 3 heterocycles. The Labute approximate surface area is 172 Å². The van der Waals surface area contributed by atoms with Gasteiger partial charge in [0, 0.05) is 38.1 Å². The number of nitrogens with zero attached hydrogens (tertiary/aromatic N) is 4. The van der Waals surface area contributed by atoms with Crippen LogP contribution in [0.5, 0.6) is 0 Å². The number of carbonyl (C=O) groups excluding carboxylic acids is 2. The van der Waals surface area contributed by atoms with Gasteiger partial charge in [0.15, 0.2) is 0 Å². The number of aryl methyl sites for hydroxylation is 1. The minimum absolute atomic E-state index is 0.0794. The van der Waals surface area contributed by atoms with Crippen LogP contribution < -0.4 is 4.90 Å². The Hall–Kier alpha value is -2.73. The van der Waals surface area contributed by atoms with Gasteiger partial charge < -0.3 is 4.90 Å². The summed E-state index contributed by atoms with van der Waals surface area (Å²) in [7, 11) is 0. The molecule has 1 aromatic carbocycles. The fourth-order valence-corrected chi connectivity index (χ4v) is 4.35. The van der Waals surface area contributed by atoms with E-state index >= 15 is 0 Å². The maximum Gasteiger partial charge on any atom is 0.260 e. The monoisotopic (exact) mass is 392 g/mol. The molecule has 4 rings (SSSR count). The van der Waals surface area contributed by atoms with Crippen LogP contribution in [-0.2, 0) is 4.79 Å². The fraction of sp³-hybridized carbons (Fsp3) is 0.435. The highest BCUT2D eigenvalue weighted by Gasteiger charge is 2.40. The number of carbonyl (C=O) groups is 2. The predicted octanol–water partition coefficient (Wildman–Crippen LogP) is 3.04. The first-order chi connectivity index (χ1) is 14.1. The molecule has 6 nitrogen and oxygen atoms in total. The summed E-state index contributed by atoms with van der Waals surface area (Å²) in [6.45, 7) is 8.60. The Morgan fingerprint density at radius 1 is 1.14 bits per heavy atom. The Balaban J connectivity index is 1.56. The van der Waals surface area contributed by atoms with Crippen LogP contribution in [0.2, 0.25) is 0 Å². The summed E-state index contributed by atoms with van der Waals surface area (Å²) < 4.78 is 0. The summed E-state index contributed by atoms with van der Waals surface area (Å²) in [5, 5.41) is 0. The largest absolute Gasteiger partial charge is 0.340 e. The van der Waals surface area contributed by atoms with Gasteiger partial charge in [0.2, 0.25) is 5.91 Å². The van der Waals surface area contributed by atoms with E-state index in [4.69, 9.17) is 0 Å². The number of hydrogen-bond donors (Lipinski definition) is 0. The first kappa shape index (κ1) is 19.6. The van der Waals surface area contributed by atoms with Crippen LogP contribution >= 0.6 is 0 Å². The SMILES string of the molecule is CCCN1CCN(C(=O)CC2c3ncccc3C(=O)N2c2cccc(C)c2)CC1. The maximum absolute atomic E-state index is 13.1. The van der Waals surface area contributed by atoms with Crippen molar-refractivity contribution in [3.8, 4) is 0 Å². The average Bonchev–Trinajstić information content (AvgIpc) is 3.01. The van der Waals surface area contributed by atoms with Crippen molar-refractivity contribution in [3.63, 3.8) is 0 Å². The van der Waals surface area contributed by atoms with Crippen molar-refractivity contribution in [2.45, 2.75) is 32.7 Å². The standard InChI is InChI=1S/C23H28N4O2/c1-3-10-25-11-13-26(14-12-25)21(28)16-20-22-19(8-5-9-24-22)23(29)27(20)18-7-4-6-17(2)15-18/h4-9,15,20H,3,10-14,16H2,1-2H3. The number of aromatic nitrogens is 1. The Morgan fingerprint density at radius 3 is 2.66 bits per heavy atom. The third-order valence-electron chi connectivity index (χ3n) is 5.83. The van der Waals surface area contributed by atoms with Crippen LogP contribution in [0.25, 0.3) is 0 Å². The second-order valence-corrected chi connectivity index (χ2v) is 7.89. The lowest BCUT2D eigenvalue weighted by molar-refractivity contribution is -0.133. The molecule has 0 saturated carbocycles. The molecule has 2 aliphatic rings. The van der Waals surface area contributed by atoms with Gasteiger partial charge in [0.05, 0.1) is 23.7 Å². The molecule has 0 N–H and O–H groups in total. The highest BCUT2D eigenvalue weighted by atomic mass is 16.2. The van der Waals surface area contributed by atoms with E-state index in [0.717, 1.165) is 50.4 Å². The minimum Gasteiger partial charge on any atom is -0.340 e. The molecule has 6 heteroatoms. The summed E-state index contributed by atoms with van der Waals surface area (Å²) >= 11 is 0. The number of piperazine rings is 1. The number of rotatable bonds is 5. The number of benzene rings is 1. The number of anilines is 1. The lowest BCUT2D eigenvalue weighted by Gasteiger charge is -2.35. The Kier molecular flexibility index (Phi) is 5.62. The molecule has 2 aromatic rings. The van der Waals surface area contributed by atoms with Gasteiger partial charge >= 0.3 is 0 Å². The molecule has 152 valence electrons. The minimum atomic E-state index is -0.360. The number of amides is 2. The summed E-state index contributed by atoms with van der Waals surface area (Å²) in [5.74, 6) is 0.0133. The third kappa shape index (κ3) is 3.90. The normalized spacial score (nSPS) is 19.5. The van der Waals surface area contributed by atoms with E-state index in [9.17, 15) is 9.59 Å². The van der Waals surface area contributed by atoms with E-state index in [0.29, 0.717) is 11.3 Å². The van der Waals surface area contributed by atoms with Crippen LogP contribution in [0.15, 0.2) is 42.6 Å². The van der Waals surface area contributed by atoms with Gasteiger partial charge in [0.25, 0.3) is 5.91 Å². The lowest BCUT2D eigenvalue weighted by atomic mass is 10.1. The molecule has 0 radical (unpaired) electrons. The first-order valence-corrected chi connectivity index (χ1v) is 10.4. The summed E-state index contributed by atoms with van der Waals surface area (Å²) in [4.78, 5) is 36.8. The molecule has 0 spiro atoms. The van der Waals surface area contributed by atoms with Crippen molar-refractivity contribution in [1.82, 2.24) is 14.8 Å². The van der Waals surface area contributed by atoms with Crippen LogP contribution in [0.3, 0.4) is 0 Å². The molecule has 0 aliphatic carbocycles. The number of pyridine rings is 1. The highest BCUT2D eigenvalue weighted by Crippen LogP contribution is 2.38. The molecule has 2 aliphatic heterocycles.